The fraction of sp³-hybridized carbons (Fsp3) is 0.105. The monoisotopic (exact) mass is 351 g/mol. The second kappa shape index (κ2) is 7.10. The number of rotatable bonds is 4. The van der Waals surface area contributed by atoms with Gasteiger partial charge in [-0.2, -0.15) is 0 Å². The number of carbonyl (C=O) groups is 3. The molecular weight excluding hydrogens is 334 g/mol. The zero-order chi connectivity index (χ0) is 18.7. The molecule has 1 heterocycles. The third kappa shape index (κ3) is 3.72. The van der Waals surface area contributed by atoms with Crippen LogP contribution in [0.25, 0.3) is 0 Å². The van der Waals surface area contributed by atoms with Gasteiger partial charge in [0, 0.05) is 16.9 Å². The first-order chi connectivity index (χ1) is 12.5. The van der Waals surface area contributed by atoms with Crippen LogP contribution in [-0.2, 0) is 9.59 Å². The number of amides is 3. The lowest BCUT2D eigenvalue weighted by molar-refractivity contribution is -0.122. The van der Waals surface area contributed by atoms with Crippen molar-refractivity contribution in [2.75, 3.05) is 16.0 Å². The highest BCUT2D eigenvalue weighted by atomic mass is 16.5. The predicted molar refractivity (Wildman–Crippen MR) is 98.4 cm³/mol. The van der Waals surface area contributed by atoms with Gasteiger partial charge >= 0.3 is 0 Å². The van der Waals surface area contributed by atoms with Gasteiger partial charge in [-0.3, -0.25) is 14.4 Å². The molecule has 26 heavy (non-hydrogen) atoms. The summed E-state index contributed by atoms with van der Waals surface area (Å²) in [5.74, 6) is -0.326. The van der Waals surface area contributed by atoms with Crippen LogP contribution in [0, 0.1) is 0 Å². The second-order valence-corrected chi connectivity index (χ2v) is 5.69. The summed E-state index contributed by atoms with van der Waals surface area (Å²) >= 11 is 0. The van der Waals surface area contributed by atoms with E-state index in [9.17, 15) is 14.4 Å². The largest absolute Gasteiger partial charge is 0.479 e. The highest BCUT2D eigenvalue weighted by Crippen LogP contribution is 2.32. The molecule has 7 nitrogen and oxygen atoms in total. The fourth-order valence-electron chi connectivity index (χ4n) is 2.39. The Labute approximate surface area is 150 Å². The van der Waals surface area contributed by atoms with E-state index in [0.29, 0.717) is 28.4 Å². The highest BCUT2D eigenvalue weighted by molar-refractivity contribution is 6.06. The number of hydrogen-bond donors (Lipinski definition) is 3. The van der Waals surface area contributed by atoms with E-state index >= 15 is 0 Å². The first-order valence-corrected chi connectivity index (χ1v) is 7.92. The fourth-order valence-corrected chi connectivity index (χ4v) is 2.39. The van der Waals surface area contributed by atoms with Gasteiger partial charge in [0.15, 0.2) is 6.10 Å². The normalized spacial score (nSPS) is 15.1. The van der Waals surface area contributed by atoms with Gasteiger partial charge in [0.2, 0.25) is 5.91 Å². The summed E-state index contributed by atoms with van der Waals surface area (Å²) in [6.45, 7) is 5.04. The molecule has 3 rings (SSSR count). The molecule has 2 aromatic rings. The number of ether oxygens (including phenoxy) is 1. The van der Waals surface area contributed by atoms with Crippen molar-refractivity contribution in [2.45, 2.75) is 13.0 Å². The molecule has 1 aliphatic rings. The molecule has 7 heteroatoms. The molecule has 3 N–H and O–H groups in total. The van der Waals surface area contributed by atoms with Crippen LogP contribution in [0.2, 0.25) is 0 Å². The number of anilines is 3. The van der Waals surface area contributed by atoms with Crippen LogP contribution < -0.4 is 20.7 Å². The number of carbonyl (C=O) groups excluding carboxylic acids is 3. The van der Waals surface area contributed by atoms with Gasteiger partial charge in [0.25, 0.3) is 11.8 Å². The Kier molecular flexibility index (Phi) is 4.70. The molecule has 0 fully saturated rings. The molecule has 2 aromatic carbocycles. The third-order valence-electron chi connectivity index (χ3n) is 3.77. The van der Waals surface area contributed by atoms with Gasteiger partial charge in [0.1, 0.15) is 5.75 Å². The molecular formula is C19H17N3O4. The molecule has 132 valence electrons. The van der Waals surface area contributed by atoms with Gasteiger partial charge in [-0.05, 0) is 55.5 Å². The summed E-state index contributed by atoms with van der Waals surface area (Å²) in [6.07, 6.45) is 0.614. The summed E-state index contributed by atoms with van der Waals surface area (Å²) in [4.78, 5) is 35.3. The molecule has 0 radical (unpaired) electrons. The summed E-state index contributed by atoms with van der Waals surface area (Å²) in [7, 11) is 0. The Balaban J connectivity index is 1.70. The number of nitrogens with one attached hydrogen (secondary N) is 3. The van der Waals surface area contributed by atoms with Crippen molar-refractivity contribution in [3.05, 3.63) is 60.7 Å². The first-order valence-electron chi connectivity index (χ1n) is 7.92. The minimum atomic E-state index is -0.553. The van der Waals surface area contributed by atoms with Crippen molar-refractivity contribution >= 4 is 34.8 Å². The molecule has 0 aliphatic carbocycles. The molecule has 0 bridgehead atoms. The average molecular weight is 351 g/mol. The van der Waals surface area contributed by atoms with Crippen LogP contribution in [0.4, 0.5) is 17.1 Å². The van der Waals surface area contributed by atoms with Crippen molar-refractivity contribution in [1.82, 2.24) is 0 Å². The number of hydrogen-bond acceptors (Lipinski definition) is 4. The quantitative estimate of drug-likeness (QED) is 0.738. The maximum Gasteiger partial charge on any atom is 0.265 e. The molecule has 1 unspecified atom stereocenters. The van der Waals surface area contributed by atoms with Crippen molar-refractivity contribution in [3.63, 3.8) is 0 Å². The van der Waals surface area contributed by atoms with Crippen LogP contribution >= 0.6 is 0 Å². The molecule has 3 amide bonds. The van der Waals surface area contributed by atoms with Gasteiger partial charge in [-0.15, -0.1) is 0 Å². The maximum absolute atomic E-state index is 12.4. The molecule has 1 aliphatic heterocycles. The predicted octanol–water partition coefficient (Wildman–Crippen LogP) is 2.78. The molecule has 0 saturated heterocycles. The minimum Gasteiger partial charge on any atom is -0.479 e. The van der Waals surface area contributed by atoms with E-state index in [-0.39, 0.29) is 17.7 Å². The van der Waals surface area contributed by atoms with Gasteiger partial charge in [-0.1, -0.05) is 6.58 Å². The molecule has 0 aromatic heterocycles. The second-order valence-electron chi connectivity index (χ2n) is 5.69. The highest BCUT2D eigenvalue weighted by Gasteiger charge is 2.23. The Hall–Kier alpha value is -3.61. The molecule has 0 saturated carbocycles. The molecule has 0 spiro atoms. The van der Waals surface area contributed by atoms with Crippen LogP contribution in [-0.4, -0.2) is 23.8 Å². The van der Waals surface area contributed by atoms with Gasteiger partial charge in [-0.25, -0.2) is 0 Å². The average Bonchev–Trinajstić information content (AvgIpc) is 2.63. The van der Waals surface area contributed by atoms with Crippen molar-refractivity contribution in [3.8, 4) is 5.75 Å². The van der Waals surface area contributed by atoms with E-state index in [0.717, 1.165) is 0 Å². The van der Waals surface area contributed by atoms with Crippen molar-refractivity contribution < 1.29 is 19.1 Å². The smallest absolute Gasteiger partial charge is 0.265 e. The van der Waals surface area contributed by atoms with Crippen LogP contribution in [0.1, 0.15) is 17.3 Å². The lowest BCUT2D eigenvalue weighted by Gasteiger charge is -2.23. The summed E-state index contributed by atoms with van der Waals surface area (Å²) in [5.41, 5.74) is 2.02. The van der Waals surface area contributed by atoms with E-state index in [2.05, 4.69) is 22.5 Å². The van der Waals surface area contributed by atoms with E-state index in [1.807, 2.05) is 0 Å². The van der Waals surface area contributed by atoms with Crippen LogP contribution in [0.3, 0.4) is 0 Å². The maximum atomic E-state index is 12.4. The van der Waals surface area contributed by atoms with Gasteiger partial charge in [0.05, 0.1) is 5.69 Å². The lowest BCUT2D eigenvalue weighted by atomic mass is 10.1. The first kappa shape index (κ1) is 17.2. The topological polar surface area (TPSA) is 96.5 Å². The summed E-state index contributed by atoms with van der Waals surface area (Å²) < 4.78 is 5.48. The SMILES string of the molecule is C=CC(=O)Nc1ccc(C(=O)Nc2ccc3c(c2)NC(=O)C(C)O3)cc1. The van der Waals surface area contributed by atoms with Crippen molar-refractivity contribution in [1.29, 1.82) is 0 Å². The Bertz CT molecular complexity index is 890. The number of fused-ring (bicyclic) bond motifs is 1. The third-order valence-corrected chi connectivity index (χ3v) is 3.77. The lowest BCUT2D eigenvalue weighted by Crippen LogP contribution is -2.34. The van der Waals surface area contributed by atoms with Crippen LogP contribution in [0.5, 0.6) is 5.75 Å². The Morgan fingerprint density at radius 1 is 1.12 bits per heavy atom. The number of benzene rings is 2. The summed E-state index contributed by atoms with van der Waals surface area (Å²) in [5, 5.41) is 8.09. The van der Waals surface area contributed by atoms with E-state index in [1.54, 1.807) is 49.4 Å². The van der Waals surface area contributed by atoms with Crippen molar-refractivity contribution in [2.24, 2.45) is 0 Å². The van der Waals surface area contributed by atoms with Crippen LogP contribution in [0.15, 0.2) is 55.1 Å². The van der Waals surface area contributed by atoms with E-state index in [4.69, 9.17) is 4.74 Å². The standard InChI is InChI=1S/C19H17N3O4/c1-3-17(23)20-13-6-4-12(5-7-13)19(25)21-14-8-9-16-15(10-14)22-18(24)11(2)26-16/h3-11H,1H2,2H3,(H,20,23)(H,21,25)(H,22,24). The minimum absolute atomic E-state index is 0.238. The van der Waals surface area contributed by atoms with Gasteiger partial charge < -0.3 is 20.7 Å². The summed E-state index contributed by atoms with van der Waals surface area (Å²) in [6, 6.07) is 11.5. The van der Waals surface area contributed by atoms with E-state index in [1.165, 1.54) is 6.08 Å². The zero-order valence-electron chi connectivity index (χ0n) is 14.0. The Morgan fingerprint density at radius 3 is 2.50 bits per heavy atom. The molecule has 1 atom stereocenters. The zero-order valence-corrected chi connectivity index (χ0v) is 14.0. The Morgan fingerprint density at radius 2 is 1.81 bits per heavy atom. The van der Waals surface area contributed by atoms with E-state index < -0.39 is 6.10 Å².